The molecule has 0 aliphatic carbocycles. The van der Waals surface area contributed by atoms with E-state index in [0.29, 0.717) is 13.2 Å². The van der Waals surface area contributed by atoms with Crippen LogP contribution in [0, 0.1) is 0 Å². The summed E-state index contributed by atoms with van der Waals surface area (Å²) in [6.07, 6.45) is 3.95. The number of benzene rings is 1. The summed E-state index contributed by atoms with van der Waals surface area (Å²) in [7, 11) is 0. The number of hydrogen-bond donors (Lipinski definition) is 2. The van der Waals surface area contributed by atoms with Crippen molar-refractivity contribution in [2.45, 2.75) is 38.8 Å². The van der Waals surface area contributed by atoms with Crippen molar-refractivity contribution >= 4 is 5.96 Å². The van der Waals surface area contributed by atoms with Crippen LogP contribution in [0.2, 0.25) is 0 Å². The van der Waals surface area contributed by atoms with Crippen LogP contribution in [0.1, 0.15) is 32.3 Å². The Morgan fingerprint density at radius 3 is 2.96 bits per heavy atom. The Kier molecular flexibility index (Phi) is 7.12. The molecule has 2 N–H and O–H groups in total. The molecule has 5 nitrogen and oxygen atoms in total. The molecule has 1 atom stereocenters. The molecule has 1 saturated heterocycles. The van der Waals surface area contributed by atoms with Gasteiger partial charge in [-0.05, 0) is 32.8 Å². The molecule has 0 spiro atoms. The molecule has 0 radical (unpaired) electrons. The molecule has 24 heavy (non-hydrogen) atoms. The monoisotopic (exact) mass is 331 g/mol. The topological polar surface area (TPSA) is 54.9 Å². The van der Waals surface area contributed by atoms with Crippen LogP contribution in [-0.2, 0) is 11.3 Å². The zero-order chi connectivity index (χ0) is 17.3. The second-order valence-electron chi connectivity index (χ2n) is 6.16. The van der Waals surface area contributed by atoms with Gasteiger partial charge in [0.2, 0.25) is 0 Å². The number of hydrogen-bond acceptors (Lipinski definition) is 3. The molecule has 0 amide bonds. The number of para-hydroxylation sites is 1. The summed E-state index contributed by atoms with van der Waals surface area (Å²) in [6.45, 7) is 11.4. The molecule has 1 heterocycles. The smallest absolute Gasteiger partial charge is 0.191 e. The summed E-state index contributed by atoms with van der Waals surface area (Å²) < 4.78 is 11.5. The van der Waals surface area contributed by atoms with E-state index in [2.05, 4.69) is 36.1 Å². The van der Waals surface area contributed by atoms with Gasteiger partial charge in [0.15, 0.2) is 5.96 Å². The van der Waals surface area contributed by atoms with E-state index in [1.807, 2.05) is 24.3 Å². The molecular formula is C19H29N3O2. The zero-order valence-corrected chi connectivity index (χ0v) is 14.8. The molecule has 0 aromatic heterocycles. The summed E-state index contributed by atoms with van der Waals surface area (Å²) in [6, 6.07) is 7.96. The van der Waals surface area contributed by atoms with Crippen molar-refractivity contribution in [3.63, 3.8) is 0 Å². The van der Waals surface area contributed by atoms with Crippen LogP contribution < -0.4 is 15.4 Å². The summed E-state index contributed by atoms with van der Waals surface area (Å²) >= 11 is 0. The van der Waals surface area contributed by atoms with Crippen molar-refractivity contribution in [2.24, 2.45) is 4.99 Å². The van der Waals surface area contributed by atoms with Crippen molar-refractivity contribution < 1.29 is 9.47 Å². The van der Waals surface area contributed by atoms with E-state index >= 15 is 0 Å². The average molecular weight is 331 g/mol. The molecule has 5 heteroatoms. The van der Waals surface area contributed by atoms with Crippen LogP contribution in [0.3, 0.4) is 0 Å². The van der Waals surface area contributed by atoms with Crippen LogP contribution in [0.25, 0.3) is 0 Å². The summed E-state index contributed by atoms with van der Waals surface area (Å²) in [5, 5.41) is 6.68. The van der Waals surface area contributed by atoms with Crippen molar-refractivity contribution in [3.05, 3.63) is 42.5 Å². The second kappa shape index (κ2) is 9.33. The van der Waals surface area contributed by atoms with Crippen LogP contribution in [0.4, 0.5) is 0 Å². The molecule has 1 aromatic carbocycles. The van der Waals surface area contributed by atoms with Gasteiger partial charge in [0.05, 0.1) is 12.1 Å². The van der Waals surface area contributed by atoms with Crippen LogP contribution in [0.15, 0.2) is 41.9 Å². The Morgan fingerprint density at radius 2 is 2.25 bits per heavy atom. The normalized spacial score (nSPS) is 20.7. The van der Waals surface area contributed by atoms with E-state index in [1.54, 1.807) is 6.08 Å². The number of nitrogens with zero attached hydrogens (tertiary/aromatic N) is 1. The lowest BCUT2D eigenvalue weighted by Crippen LogP contribution is -2.45. The van der Waals surface area contributed by atoms with Crippen molar-refractivity contribution in [1.29, 1.82) is 0 Å². The van der Waals surface area contributed by atoms with E-state index in [-0.39, 0.29) is 5.60 Å². The first-order valence-electron chi connectivity index (χ1n) is 8.64. The number of guanidine groups is 1. The lowest BCUT2D eigenvalue weighted by molar-refractivity contribution is 0.0243. The maximum atomic E-state index is 5.82. The first kappa shape index (κ1) is 18.3. The minimum atomic E-state index is -0.0961. The van der Waals surface area contributed by atoms with Gasteiger partial charge >= 0.3 is 0 Å². The predicted octanol–water partition coefficient (Wildman–Crippen LogP) is 2.88. The van der Waals surface area contributed by atoms with Crippen LogP contribution in [-0.4, -0.2) is 37.9 Å². The van der Waals surface area contributed by atoms with E-state index in [0.717, 1.165) is 49.8 Å². The van der Waals surface area contributed by atoms with Gasteiger partial charge in [-0.1, -0.05) is 30.9 Å². The molecule has 1 aliphatic rings. The van der Waals surface area contributed by atoms with E-state index in [9.17, 15) is 0 Å². The molecule has 132 valence electrons. The van der Waals surface area contributed by atoms with E-state index in [4.69, 9.17) is 9.47 Å². The lowest BCUT2D eigenvalue weighted by Gasteiger charge is -2.24. The fourth-order valence-electron chi connectivity index (χ4n) is 2.68. The molecule has 2 rings (SSSR count). The molecule has 0 saturated carbocycles. The maximum absolute atomic E-state index is 5.82. The fourth-order valence-corrected chi connectivity index (χ4v) is 2.68. The van der Waals surface area contributed by atoms with E-state index in [1.165, 1.54) is 0 Å². The largest absolute Gasteiger partial charge is 0.489 e. The van der Waals surface area contributed by atoms with Gasteiger partial charge in [-0.25, -0.2) is 4.99 Å². The van der Waals surface area contributed by atoms with Crippen LogP contribution in [0.5, 0.6) is 5.75 Å². The van der Waals surface area contributed by atoms with Gasteiger partial charge in [-0.3, -0.25) is 0 Å². The average Bonchev–Trinajstić information content (AvgIpc) is 3.03. The molecule has 1 fully saturated rings. The third-order valence-electron chi connectivity index (χ3n) is 4.01. The minimum absolute atomic E-state index is 0.0961. The van der Waals surface area contributed by atoms with Gasteiger partial charge < -0.3 is 20.1 Å². The Balaban J connectivity index is 1.98. The number of aliphatic imine (C=N–C) groups is 1. The van der Waals surface area contributed by atoms with Gasteiger partial charge in [-0.15, -0.1) is 0 Å². The Labute approximate surface area is 145 Å². The Bertz CT molecular complexity index is 551. The molecule has 1 aliphatic heterocycles. The molecular weight excluding hydrogens is 302 g/mol. The number of nitrogens with one attached hydrogen (secondary N) is 2. The molecule has 1 aromatic rings. The van der Waals surface area contributed by atoms with Gasteiger partial charge in [0.25, 0.3) is 0 Å². The number of ether oxygens (including phenoxy) is 2. The van der Waals surface area contributed by atoms with Gasteiger partial charge in [0.1, 0.15) is 12.4 Å². The van der Waals surface area contributed by atoms with Crippen LogP contribution >= 0.6 is 0 Å². The molecule has 1 unspecified atom stereocenters. The van der Waals surface area contributed by atoms with E-state index < -0.39 is 0 Å². The molecule has 0 bridgehead atoms. The zero-order valence-electron chi connectivity index (χ0n) is 14.8. The lowest BCUT2D eigenvalue weighted by atomic mass is 10.0. The van der Waals surface area contributed by atoms with Gasteiger partial charge in [-0.2, -0.15) is 0 Å². The van der Waals surface area contributed by atoms with Crippen molar-refractivity contribution in [2.75, 3.05) is 26.3 Å². The van der Waals surface area contributed by atoms with Crippen molar-refractivity contribution in [3.8, 4) is 5.75 Å². The third kappa shape index (κ3) is 5.57. The first-order valence-corrected chi connectivity index (χ1v) is 8.64. The first-order chi connectivity index (χ1) is 11.7. The standard InChI is InChI=1S/C19H29N3O2/c1-4-12-23-17-10-7-6-9-16(17)14-21-18(20-5-2)22-15-19(3)11-8-13-24-19/h4,6-7,9-10H,1,5,8,11-15H2,2-3H3,(H2,20,21,22). The predicted molar refractivity (Wildman–Crippen MR) is 98.5 cm³/mol. The summed E-state index contributed by atoms with van der Waals surface area (Å²) in [5.74, 6) is 1.65. The Morgan fingerprint density at radius 1 is 1.42 bits per heavy atom. The SMILES string of the molecule is C=CCOc1ccccc1CN=C(NCC)NCC1(C)CCCO1. The van der Waals surface area contributed by atoms with Crippen molar-refractivity contribution in [1.82, 2.24) is 10.6 Å². The highest BCUT2D eigenvalue weighted by Crippen LogP contribution is 2.24. The fraction of sp³-hybridized carbons (Fsp3) is 0.526. The quantitative estimate of drug-likeness (QED) is 0.437. The highest BCUT2D eigenvalue weighted by atomic mass is 16.5. The summed E-state index contributed by atoms with van der Waals surface area (Å²) in [5.41, 5.74) is 0.959. The van der Waals surface area contributed by atoms with Gasteiger partial charge in [0, 0.05) is 25.3 Å². The highest BCUT2D eigenvalue weighted by Gasteiger charge is 2.29. The summed E-state index contributed by atoms with van der Waals surface area (Å²) in [4.78, 5) is 4.68. The highest BCUT2D eigenvalue weighted by molar-refractivity contribution is 5.79. The number of rotatable bonds is 8. The minimum Gasteiger partial charge on any atom is -0.489 e. The maximum Gasteiger partial charge on any atom is 0.191 e. The Hall–Kier alpha value is -2.01. The third-order valence-corrected chi connectivity index (χ3v) is 4.01. The second-order valence-corrected chi connectivity index (χ2v) is 6.16.